The van der Waals surface area contributed by atoms with Gasteiger partial charge < -0.3 is 18.9 Å². The van der Waals surface area contributed by atoms with Crippen LogP contribution in [0.5, 0.6) is 0 Å². The van der Waals surface area contributed by atoms with Crippen molar-refractivity contribution in [2.75, 3.05) is 20.3 Å². The molecular formula is C23H32O5. The van der Waals surface area contributed by atoms with Crippen LogP contribution in [0, 0.1) is 34.5 Å². The molecule has 1 spiro atoms. The van der Waals surface area contributed by atoms with Crippen LogP contribution in [0.3, 0.4) is 0 Å². The van der Waals surface area contributed by atoms with E-state index in [0.29, 0.717) is 37.4 Å². The average Bonchev–Trinajstić information content (AvgIpc) is 2.89. The maximum atomic E-state index is 12.9. The zero-order valence-electron chi connectivity index (χ0n) is 17.4. The third-order valence-corrected chi connectivity index (χ3v) is 8.70. The van der Waals surface area contributed by atoms with Gasteiger partial charge in [0, 0.05) is 24.4 Å². The lowest BCUT2D eigenvalue weighted by Crippen LogP contribution is -2.67. The van der Waals surface area contributed by atoms with Gasteiger partial charge in [-0.15, -0.1) is 0 Å². The molecule has 0 aromatic heterocycles. The van der Waals surface area contributed by atoms with Crippen molar-refractivity contribution in [3.63, 3.8) is 0 Å². The molecule has 1 saturated carbocycles. The standard InChI is InChI=1S/C23H32O5/c1-5-26-19-12-17-22-13-27-23(17,20(24)25-4)10-8-16(22)21(3)9-6-7-14(2)15(21)11-18(22)28-19/h6-8,10,14-19H,5,9,11-13H2,1-4H3/t14-,15+,16-,17-,18-,19+,21+,22-,23-/m1/s1. The number of hydrogen-bond donors (Lipinski definition) is 0. The maximum absolute atomic E-state index is 12.9. The van der Waals surface area contributed by atoms with Crippen LogP contribution in [0.2, 0.25) is 0 Å². The summed E-state index contributed by atoms with van der Waals surface area (Å²) in [6, 6.07) is 0. The molecule has 0 radical (unpaired) electrons. The first kappa shape index (κ1) is 18.8. The Morgan fingerprint density at radius 2 is 2.11 bits per heavy atom. The smallest absolute Gasteiger partial charge is 0.342 e. The summed E-state index contributed by atoms with van der Waals surface area (Å²) >= 11 is 0. The first-order valence-corrected chi connectivity index (χ1v) is 10.8. The fourth-order valence-electron chi connectivity index (χ4n) is 7.53. The minimum atomic E-state index is -0.998. The largest absolute Gasteiger partial charge is 0.467 e. The predicted molar refractivity (Wildman–Crippen MR) is 103 cm³/mol. The minimum Gasteiger partial charge on any atom is -0.467 e. The van der Waals surface area contributed by atoms with Crippen LogP contribution in [-0.2, 0) is 23.7 Å². The molecule has 0 amide bonds. The number of rotatable bonds is 3. The number of hydrogen-bond acceptors (Lipinski definition) is 5. The molecule has 5 nitrogen and oxygen atoms in total. The molecule has 3 fully saturated rings. The number of carbonyl (C=O) groups is 1. The highest BCUT2D eigenvalue weighted by Crippen LogP contribution is 2.71. The van der Waals surface area contributed by atoms with Crippen molar-refractivity contribution < 1.29 is 23.7 Å². The first-order valence-electron chi connectivity index (χ1n) is 10.8. The van der Waals surface area contributed by atoms with Crippen molar-refractivity contribution in [1.29, 1.82) is 0 Å². The van der Waals surface area contributed by atoms with E-state index in [1.54, 1.807) is 0 Å². The Kier molecular flexibility index (Phi) is 4.15. The summed E-state index contributed by atoms with van der Waals surface area (Å²) in [6.45, 7) is 7.90. The third kappa shape index (κ3) is 2.11. The first-order chi connectivity index (χ1) is 13.4. The zero-order chi connectivity index (χ0) is 19.7. The summed E-state index contributed by atoms with van der Waals surface area (Å²) in [7, 11) is 1.45. The molecule has 2 bridgehead atoms. The molecule has 2 aliphatic heterocycles. The number of fused-ring (bicyclic) bond motifs is 2. The molecular weight excluding hydrogens is 356 g/mol. The Labute approximate surface area is 167 Å². The van der Waals surface area contributed by atoms with Crippen molar-refractivity contribution in [3.05, 3.63) is 24.3 Å². The normalized spacial score (nSPS) is 53.4. The average molecular weight is 389 g/mol. The van der Waals surface area contributed by atoms with Crippen LogP contribution >= 0.6 is 0 Å². The molecule has 2 heterocycles. The lowest BCUT2D eigenvalue weighted by molar-refractivity contribution is -0.287. The van der Waals surface area contributed by atoms with Crippen LogP contribution in [0.15, 0.2) is 24.3 Å². The van der Waals surface area contributed by atoms with E-state index < -0.39 is 5.60 Å². The fourth-order valence-corrected chi connectivity index (χ4v) is 7.53. The van der Waals surface area contributed by atoms with Gasteiger partial charge in [0.15, 0.2) is 11.9 Å². The van der Waals surface area contributed by atoms with Crippen LogP contribution in [0.1, 0.15) is 40.0 Å². The Hall–Kier alpha value is -1.17. The number of ether oxygens (including phenoxy) is 4. The zero-order valence-corrected chi connectivity index (χ0v) is 17.4. The van der Waals surface area contributed by atoms with Crippen LogP contribution in [0.4, 0.5) is 0 Å². The van der Waals surface area contributed by atoms with Gasteiger partial charge in [-0.05, 0) is 49.0 Å². The molecule has 3 aliphatic carbocycles. The fraction of sp³-hybridized carbons (Fsp3) is 0.783. The lowest BCUT2D eigenvalue weighted by Gasteiger charge is -2.65. The van der Waals surface area contributed by atoms with Crippen molar-refractivity contribution in [3.8, 4) is 0 Å². The number of allylic oxidation sites excluding steroid dienone is 3. The quantitative estimate of drug-likeness (QED) is 0.547. The van der Waals surface area contributed by atoms with E-state index in [1.165, 1.54) is 7.11 Å². The van der Waals surface area contributed by atoms with Crippen molar-refractivity contribution in [2.45, 2.75) is 58.0 Å². The van der Waals surface area contributed by atoms with E-state index >= 15 is 0 Å². The maximum Gasteiger partial charge on any atom is 0.342 e. The summed E-state index contributed by atoms with van der Waals surface area (Å²) in [4.78, 5) is 12.9. The Balaban J connectivity index is 1.66. The second-order valence-electron chi connectivity index (χ2n) is 9.66. The van der Waals surface area contributed by atoms with Crippen LogP contribution < -0.4 is 0 Å². The SMILES string of the molecule is CCO[C@@H]1C[C@@H]2[C@@]34CO[C@]2(C(=O)OC)C=C[C@@H]3[C@@]2(C)CC=C[C@@H](C)[C@@H]2C[C@H]4O1. The molecule has 2 saturated heterocycles. The van der Waals surface area contributed by atoms with E-state index in [2.05, 4.69) is 32.1 Å². The minimum absolute atomic E-state index is 0.0248. The summed E-state index contributed by atoms with van der Waals surface area (Å²) < 4.78 is 24.1. The van der Waals surface area contributed by atoms with Crippen molar-refractivity contribution in [1.82, 2.24) is 0 Å². The number of carbonyl (C=O) groups excluding carboxylic acids is 1. The van der Waals surface area contributed by atoms with Gasteiger partial charge in [-0.1, -0.05) is 32.1 Å². The summed E-state index contributed by atoms with van der Waals surface area (Å²) in [5, 5.41) is 0. The molecule has 0 N–H and O–H groups in total. The molecule has 0 aromatic rings. The Bertz CT molecular complexity index is 731. The number of esters is 1. The molecule has 9 atom stereocenters. The third-order valence-electron chi connectivity index (χ3n) is 8.70. The van der Waals surface area contributed by atoms with Crippen molar-refractivity contribution in [2.24, 2.45) is 34.5 Å². The van der Waals surface area contributed by atoms with E-state index in [0.717, 1.165) is 12.8 Å². The summed E-state index contributed by atoms with van der Waals surface area (Å²) in [6.07, 6.45) is 11.5. The highest BCUT2D eigenvalue weighted by atomic mass is 16.7. The topological polar surface area (TPSA) is 54.0 Å². The molecule has 5 rings (SSSR count). The lowest BCUT2D eigenvalue weighted by atomic mass is 9.41. The molecule has 28 heavy (non-hydrogen) atoms. The van der Waals surface area contributed by atoms with Gasteiger partial charge in [0.05, 0.1) is 19.8 Å². The van der Waals surface area contributed by atoms with Gasteiger partial charge in [-0.2, -0.15) is 0 Å². The molecule has 0 unspecified atom stereocenters. The second-order valence-corrected chi connectivity index (χ2v) is 9.66. The van der Waals surface area contributed by atoms with Gasteiger partial charge in [-0.25, -0.2) is 4.79 Å². The highest BCUT2D eigenvalue weighted by Gasteiger charge is 2.75. The predicted octanol–water partition coefficient (Wildman–Crippen LogP) is 3.49. The molecule has 5 heteroatoms. The van der Waals surface area contributed by atoms with Crippen LogP contribution in [-0.4, -0.2) is 44.3 Å². The van der Waals surface area contributed by atoms with E-state index in [4.69, 9.17) is 18.9 Å². The van der Waals surface area contributed by atoms with E-state index in [-0.39, 0.29) is 35.1 Å². The van der Waals surface area contributed by atoms with Gasteiger partial charge in [0.1, 0.15) is 0 Å². The van der Waals surface area contributed by atoms with Gasteiger partial charge in [-0.3, -0.25) is 0 Å². The second kappa shape index (κ2) is 6.16. The Morgan fingerprint density at radius 1 is 1.29 bits per heavy atom. The van der Waals surface area contributed by atoms with E-state index in [1.807, 2.05) is 13.0 Å². The monoisotopic (exact) mass is 388 g/mol. The van der Waals surface area contributed by atoms with E-state index in [9.17, 15) is 4.79 Å². The Morgan fingerprint density at radius 3 is 2.86 bits per heavy atom. The van der Waals surface area contributed by atoms with Crippen LogP contribution in [0.25, 0.3) is 0 Å². The summed E-state index contributed by atoms with van der Waals surface area (Å²) in [5.41, 5.74) is -1.04. The summed E-state index contributed by atoms with van der Waals surface area (Å²) in [5.74, 6) is 1.13. The van der Waals surface area contributed by atoms with Gasteiger partial charge >= 0.3 is 5.97 Å². The molecule has 154 valence electrons. The highest BCUT2D eigenvalue weighted by molar-refractivity contribution is 5.84. The molecule has 5 aliphatic rings. The number of methoxy groups -OCH3 is 1. The van der Waals surface area contributed by atoms with Gasteiger partial charge in [0.25, 0.3) is 0 Å². The molecule has 0 aromatic carbocycles. The van der Waals surface area contributed by atoms with Gasteiger partial charge in [0.2, 0.25) is 0 Å². The van der Waals surface area contributed by atoms with Crippen molar-refractivity contribution >= 4 is 5.97 Å².